The largest absolute Gasteiger partial charge is 0.294 e. The van der Waals surface area contributed by atoms with E-state index in [1.165, 1.54) is 11.1 Å². The van der Waals surface area contributed by atoms with Gasteiger partial charge in [0.25, 0.3) is 0 Å². The molecule has 1 heterocycles. The lowest BCUT2D eigenvalue weighted by Crippen LogP contribution is -1.97. The van der Waals surface area contributed by atoms with E-state index in [4.69, 9.17) is 0 Å². The molecule has 0 aliphatic rings. The van der Waals surface area contributed by atoms with Gasteiger partial charge in [0.05, 0.1) is 0 Å². The van der Waals surface area contributed by atoms with Crippen molar-refractivity contribution in [2.75, 3.05) is 0 Å². The van der Waals surface area contributed by atoms with Crippen molar-refractivity contribution in [3.05, 3.63) is 59.3 Å². The minimum Gasteiger partial charge on any atom is -0.294 e. The van der Waals surface area contributed by atoms with E-state index >= 15 is 0 Å². The van der Waals surface area contributed by atoms with Crippen LogP contribution in [-0.4, -0.2) is 10.8 Å². The molecule has 0 amide bonds. The molecule has 1 aromatic heterocycles. The summed E-state index contributed by atoms with van der Waals surface area (Å²) in [5.41, 5.74) is 3.20. The van der Waals surface area contributed by atoms with Gasteiger partial charge in [0.2, 0.25) is 0 Å². The second kappa shape index (κ2) is 5.83. The zero-order chi connectivity index (χ0) is 13.0. The van der Waals surface area contributed by atoms with Crippen molar-refractivity contribution in [2.24, 2.45) is 0 Å². The Labute approximate surface area is 111 Å². The quantitative estimate of drug-likeness (QED) is 0.615. The number of aromatic nitrogens is 1. The fraction of sp³-hybridized carbons (Fsp3) is 0.200. The van der Waals surface area contributed by atoms with E-state index in [0.29, 0.717) is 5.56 Å². The molecule has 0 atom stereocenters. The second-order valence-corrected chi connectivity index (χ2v) is 5.15. The van der Waals surface area contributed by atoms with Crippen LogP contribution in [0.5, 0.6) is 0 Å². The summed E-state index contributed by atoms with van der Waals surface area (Å²) >= 11 is 1.61. The van der Waals surface area contributed by atoms with Crippen LogP contribution in [0.25, 0.3) is 0 Å². The van der Waals surface area contributed by atoms with Gasteiger partial charge in [0.15, 0.2) is 5.78 Å². The average molecular weight is 257 g/mol. The van der Waals surface area contributed by atoms with Gasteiger partial charge in [-0.15, -0.1) is 11.8 Å². The van der Waals surface area contributed by atoms with Gasteiger partial charge >= 0.3 is 0 Å². The maximum atomic E-state index is 11.5. The predicted molar refractivity (Wildman–Crippen MR) is 75.0 cm³/mol. The van der Waals surface area contributed by atoms with E-state index in [-0.39, 0.29) is 5.78 Å². The number of pyridine rings is 1. The van der Waals surface area contributed by atoms with Crippen LogP contribution in [0.2, 0.25) is 0 Å². The smallest absolute Gasteiger partial charge is 0.162 e. The summed E-state index contributed by atoms with van der Waals surface area (Å²) in [5.74, 6) is 0.897. The summed E-state index contributed by atoms with van der Waals surface area (Å²) in [5, 5.41) is 0.812. The first kappa shape index (κ1) is 12.8. The molecule has 0 saturated heterocycles. The molecule has 92 valence electrons. The fourth-order valence-corrected chi connectivity index (χ4v) is 2.71. The topological polar surface area (TPSA) is 30.0 Å². The summed E-state index contributed by atoms with van der Waals surface area (Å²) in [6.07, 6.45) is 1.73. The molecule has 0 fully saturated rings. The van der Waals surface area contributed by atoms with Gasteiger partial charge in [-0.1, -0.05) is 29.8 Å². The molecular weight excluding hydrogens is 242 g/mol. The number of Topliss-reactive ketones (excluding diaryl/α,β-unsaturated/α-hetero) is 1. The Morgan fingerprint density at radius 2 is 2.11 bits per heavy atom. The number of ketones is 1. The number of nitrogens with zero attached hydrogens (tertiary/aromatic N) is 1. The molecule has 0 aliphatic carbocycles. The number of benzene rings is 1. The monoisotopic (exact) mass is 257 g/mol. The lowest BCUT2D eigenvalue weighted by Gasteiger charge is -2.05. The number of thioether (sulfide) groups is 1. The van der Waals surface area contributed by atoms with Gasteiger partial charge in [-0.3, -0.25) is 4.79 Å². The minimum atomic E-state index is 0.0647. The zero-order valence-electron chi connectivity index (χ0n) is 10.5. The Balaban J connectivity index is 2.13. The molecule has 0 saturated carbocycles. The molecule has 0 spiro atoms. The van der Waals surface area contributed by atoms with Crippen molar-refractivity contribution >= 4 is 17.5 Å². The first-order valence-electron chi connectivity index (χ1n) is 5.81. The van der Waals surface area contributed by atoms with E-state index in [1.807, 2.05) is 6.07 Å². The lowest BCUT2D eigenvalue weighted by atomic mass is 10.2. The fourth-order valence-electron chi connectivity index (χ4n) is 1.73. The number of hydrogen-bond donors (Lipinski definition) is 0. The van der Waals surface area contributed by atoms with Crippen molar-refractivity contribution in [3.63, 3.8) is 0 Å². The van der Waals surface area contributed by atoms with E-state index in [0.717, 1.165) is 10.8 Å². The molecule has 3 heteroatoms. The number of carbonyl (C=O) groups excluding carboxylic acids is 1. The summed E-state index contributed by atoms with van der Waals surface area (Å²) in [7, 11) is 0. The SMILES string of the molecule is CC(=O)c1cccnc1SCc1cccc(C)c1. The Hall–Kier alpha value is -1.61. The van der Waals surface area contributed by atoms with Gasteiger partial charge in [0, 0.05) is 17.5 Å². The summed E-state index contributed by atoms with van der Waals surface area (Å²) in [6.45, 7) is 3.66. The third kappa shape index (κ3) is 3.20. The van der Waals surface area contributed by atoms with E-state index < -0.39 is 0 Å². The minimum absolute atomic E-state index is 0.0647. The Kier molecular flexibility index (Phi) is 4.15. The molecule has 2 nitrogen and oxygen atoms in total. The lowest BCUT2D eigenvalue weighted by molar-refractivity contribution is 0.101. The van der Waals surface area contributed by atoms with Crippen molar-refractivity contribution in [3.8, 4) is 0 Å². The molecule has 0 aliphatic heterocycles. The van der Waals surface area contributed by atoms with Crippen LogP contribution < -0.4 is 0 Å². The van der Waals surface area contributed by atoms with Crippen LogP contribution in [0, 0.1) is 6.92 Å². The highest BCUT2D eigenvalue weighted by Gasteiger charge is 2.08. The van der Waals surface area contributed by atoms with Gasteiger partial charge in [-0.25, -0.2) is 4.98 Å². The summed E-state index contributed by atoms with van der Waals surface area (Å²) in [6, 6.07) is 12.0. The van der Waals surface area contributed by atoms with E-state index in [2.05, 4.69) is 36.2 Å². The number of hydrogen-bond acceptors (Lipinski definition) is 3. The van der Waals surface area contributed by atoms with E-state index in [1.54, 1.807) is 30.9 Å². The first-order valence-corrected chi connectivity index (χ1v) is 6.79. The summed E-state index contributed by atoms with van der Waals surface area (Å²) < 4.78 is 0. The molecule has 0 unspecified atom stereocenters. The Morgan fingerprint density at radius 3 is 2.83 bits per heavy atom. The molecule has 0 bridgehead atoms. The molecule has 2 aromatic rings. The van der Waals surface area contributed by atoms with Crippen LogP contribution >= 0.6 is 11.8 Å². The van der Waals surface area contributed by atoms with Gasteiger partial charge in [-0.2, -0.15) is 0 Å². The van der Waals surface area contributed by atoms with Gasteiger partial charge < -0.3 is 0 Å². The Morgan fingerprint density at radius 1 is 1.28 bits per heavy atom. The van der Waals surface area contributed by atoms with Crippen LogP contribution in [0.3, 0.4) is 0 Å². The number of rotatable bonds is 4. The molecular formula is C15H15NOS. The van der Waals surface area contributed by atoms with Crippen LogP contribution in [0.15, 0.2) is 47.6 Å². The van der Waals surface area contributed by atoms with Gasteiger partial charge in [0.1, 0.15) is 5.03 Å². The highest BCUT2D eigenvalue weighted by atomic mass is 32.2. The third-order valence-electron chi connectivity index (χ3n) is 2.61. The first-order chi connectivity index (χ1) is 8.66. The van der Waals surface area contributed by atoms with Gasteiger partial charge in [-0.05, 0) is 31.5 Å². The summed E-state index contributed by atoms with van der Waals surface area (Å²) in [4.78, 5) is 15.8. The van der Waals surface area contributed by atoms with Crippen molar-refractivity contribution < 1.29 is 4.79 Å². The van der Waals surface area contributed by atoms with Crippen molar-refractivity contribution in [2.45, 2.75) is 24.6 Å². The highest BCUT2D eigenvalue weighted by Crippen LogP contribution is 2.24. The zero-order valence-corrected chi connectivity index (χ0v) is 11.3. The third-order valence-corrected chi connectivity index (χ3v) is 3.68. The van der Waals surface area contributed by atoms with Crippen LogP contribution in [0.4, 0.5) is 0 Å². The molecule has 0 radical (unpaired) electrons. The predicted octanol–water partition coefficient (Wildman–Crippen LogP) is 3.88. The molecule has 1 aromatic carbocycles. The molecule has 2 rings (SSSR count). The standard InChI is InChI=1S/C15H15NOS/c1-11-5-3-6-13(9-11)10-18-15-14(12(2)17)7-4-8-16-15/h3-9H,10H2,1-2H3. The molecule has 18 heavy (non-hydrogen) atoms. The average Bonchev–Trinajstić information content (AvgIpc) is 2.37. The van der Waals surface area contributed by atoms with Crippen LogP contribution in [-0.2, 0) is 5.75 Å². The Bertz CT molecular complexity index is 566. The number of aryl methyl sites for hydroxylation is 1. The van der Waals surface area contributed by atoms with Crippen LogP contribution in [0.1, 0.15) is 28.4 Å². The molecule has 0 N–H and O–H groups in total. The maximum absolute atomic E-state index is 11.5. The van der Waals surface area contributed by atoms with E-state index in [9.17, 15) is 4.79 Å². The number of carbonyl (C=O) groups is 1. The maximum Gasteiger partial charge on any atom is 0.162 e. The normalized spacial score (nSPS) is 10.3. The second-order valence-electron chi connectivity index (χ2n) is 4.19. The van der Waals surface area contributed by atoms with Crippen molar-refractivity contribution in [1.29, 1.82) is 0 Å². The highest BCUT2D eigenvalue weighted by molar-refractivity contribution is 7.98. The van der Waals surface area contributed by atoms with Crippen molar-refractivity contribution in [1.82, 2.24) is 4.98 Å².